The highest BCUT2D eigenvalue weighted by Gasteiger charge is 2.33. The minimum absolute atomic E-state index is 0.154. The summed E-state index contributed by atoms with van der Waals surface area (Å²) in [4.78, 5) is 14.7. The molecule has 3 rings (SSSR count). The number of nitrogens with zero attached hydrogens (tertiary/aromatic N) is 3. The molecule has 1 aromatic heterocycles. The van der Waals surface area contributed by atoms with Crippen LogP contribution < -0.4 is 5.32 Å². The van der Waals surface area contributed by atoms with Crippen molar-refractivity contribution in [2.45, 2.75) is 45.2 Å². The lowest BCUT2D eigenvalue weighted by atomic mass is 9.93. The standard InChI is InChI=1S/C14H22N4O/c1-9-13(10(2)17(3)16-9)14(19)18-7-11-5-4-6-12(8-18)15-11/h11-12,15H,4-8H2,1-3H3. The van der Waals surface area contributed by atoms with Crippen LogP contribution in [0.25, 0.3) is 0 Å². The van der Waals surface area contributed by atoms with Gasteiger partial charge < -0.3 is 10.2 Å². The fraction of sp³-hybridized carbons (Fsp3) is 0.714. The van der Waals surface area contributed by atoms with Crippen molar-refractivity contribution < 1.29 is 4.79 Å². The Morgan fingerprint density at radius 3 is 2.42 bits per heavy atom. The van der Waals surface area contributed by atoms with Gasteiger partial charge in [-0.1, -0.05) is 6.42 Å². The molecule has 2 unspecified atom stereocenters. The zero-order valence-electron chi connectivity index (χ0n) is 11.9. The number of piperazine rings is 1. The molecule has 1 aromatic rings. The number of hydrogen-bond donors (Lipinski definition) is 1. The predicted octanol–water partition coefficient (Wildman–Crippen LogP) is 1.00. The van der Waals surface area contributed by atoms with Crippen molar-refractivity contribution in [1.82, 2.24) is 20.0 Å². The van der Waals surface area contributed by atoms with Gasteiger partial charge in [0.25, 0.3) is 5.91 Å². The lowest BCUT2D eigenvalue weighted by Crippen LogP contribution is -2.60. The molecule has 19 heavy (non-hydrogen) atoms. The summed E-state index contributed by atoms with van der Waals surface area (Å²) in [5.41, 5.74) is 2.60. The number of nitrogens with one attached hydrogen (secondary N) is 1. The summed E-state index contributed by atoms with van der Waals surface area (Å²) in [5, 5.41) is 7.96. The maximum absolute atomic E-state index is 12.7. The quantitative estimate of drug-likeness (QED) is 0.821. The van der Waals surface area contributed by atoms with Gasteiger partial charge in [0.2, 0.25) is 0 Å². The Morgan fingerprint density at radius 2 is 1.89 bits per heavy atom. The molecule has 2 bridgehead atoms. The second-order valence-electron chi connectivity index (χ2n) is 5.87. The van der Waals surface area contributed by atoms with Crippen molar-refractivity contribution >= 4 is 5.91 Å². The Morgan fingerprint density at radius 1 is 1.26 bits per heavy atom. The van der Waals surface area contributed by atoms with E-state index in [9.17, 15) is 4.79 Å². The van der Waals surface area contributed by atoms with Crippen LogP contribution in [0, 0.1) is 13.8 Å². The lowest BCUT2D eigenvalue weighted by molar-refractivity contribution is 0.0606. The first-order valence-corrected chi connectivity index (χ1v) is 7.11. The molecule has 0 saturated carbocycles. The fourth-order valence-electron chi connectivity index (χ4n) is 3.41. The second kappa shape index (κ2) is 4.63. The predicted molar refractivity (Wildman–Crippen MR) is 73.1 cm³/mol. The first-order chi connectivity index (χ1) is 9.06. The number of piperidine rings is 1. The summed E-state index contributed by atoms with van der Waals surface area (Å²) in [7, 11) is 1.89. The normalized spacial score (nSPS) is 26.6. The van der Waals surface area contributed by atoms with E-state index in [0.29, 0.717) is 12.1 Å². The third kappa shape index (κ3) is 2.16. The smallest absolute Gasteiger partial charge is 0.257 e. The van der Waals surface area contributed by atoms with E-state index in [1.807, 2.05) is 25.8 Å². The molecule has 0 radical (unpaired) electrons. The molecular formula is C14H22N4O. The van der Waals surface area contributed by atoms with E-state index in [1.165, 1.54) is 19.3 Å². The average Bonchev–Trinajstić information content (AvgIpc) is 2.62. The van der Waals surface area contributed by atoms with Crippen LogP contribution in [0.3, 0.4) is 0 Å². The lowest BCUT2D eigenvalue weighted by Gasteiger charge is -2.42. The molecule has 1 N–H and O–H groups in total. The molecule has 2 aliphatic rings. The van der Waals surface area contributed by atoms with E-state index in [0.717, 1.165) is 30.0 Å². The Bertz CT molecular complexity index is 496. The fourth-order valence-corrected chi connectivity index (χ4v) is 3.41. The molecule has 5 nitrogen and oxygen atoms in total. The van der Waals surface area contributed by atoms with Crippen LogP contribution in [0.4, 0.5) is 0 Å². The molecule has 0 spiro atoms. The summed E-state index contributed by atoms with van der Waals surface area (Å²) in [6.45, 7) is 5.56. The van der Waals surface area contributed by atoms with Crippen molar-refractivity contribution in [2.75, 3.05) is 13.1 Å². The van der Waals surface area contributed by atoms with Crippen LogP contribution >= 0.6 is 0 Å². The SMILES string of the molecule is Cc1nn(C)c(C)c1C(=O)N1CC2CCCC(C1)N2. The molecule has 0 aliphatic carbocycles. The van der Waals surface area contributed by atoms with Crippen molar-refractivity contribution in [2.24, 2.45) is 7.05 Å². The molecule has 0 aromatic carbocycles. The van der Waals surface area contributed by atoms with Gasteiger partial charge in [0.15, 0.2) is 0 Å². The van der Waals surface area contributed by atoms with Crippen molar-refractivity contribution in [3.05, 3.63) is 17.0 Å². The van der Waals surface area contributed by atoms with Gasteiger partial charge in [-0.15, -0.1) is 0 Å². The highest BCUT2D eigenvalue weighted by Crippen LogP contribution is 2.22. The molecule has 104 valence electrons. The number of carbonyl (C=O) groups excluding carboxylic acids is 1. The third-order valence-corrected chi connectivity index (χ3v) is 4.47. The number of hydrogen-bond acceptors (Lipinski definition) is 3. The van der Waals surface area contributed by atoms with Crippen LogP contribution in [0.2, 0.25) is 0 Å². The van der Waals surface area contributed by atoms with Crippen LogP contribution in [0.1, 0.15) is 41.0 Å². The van der Waals surface area contributed by atoms with Gasteiger partial charge in [0.05, 0.1) is 11.3 Å². The Balaban J connectivity index is 1.84. The molecule has 1 amide bonds. The molecule has 5 heteroatoms. The zero-order valence-corrected chi connectivity index (χ0v) is 11.9. The van der Waals surface area contributed by atoms with Gasteiger partial charge in [-0.2, -0.15) is 5.10 Å². The highest BCUT2D eigenvalue weighted by atomic mass is 16.2. The highest BCUT2D eigenvalue weighted by molar-refractivity contribution is 5.96. The number of aromatic nitrogens is 2. The topological polar surface area (TPSA) is 50.2 Å². The van der Waals surface area contributed by atoms with E-state index in [4.69, 9.17) is 0 Å². The van der Waals surface area contributed by atoms with Gasteiger partial charge in [0.1, 0.15) is 0 Å². The van der Waals surface area contributed by atoms with E-state index < -0.39 is 0 Å². The number of likely N-dealkylation sites (tertiary alicyclic amines) is 1. The molecule has 2 fully saturated rings. The van der Waals surface area contributed by atoms with Crippen LogP contribution in [-0.2, 0) is 7.05 Å². The van der Waals surface area contributed by atoms with Gasteiger partial charge in [-0.25, -0.2) is 0 Å². The maximum atomic E-state index is 12.7. The average molecular weight is 262 g/mol. The number of carbonyl (C=O) groups is 1. The Kier molecular flexibility index (Phi) is 3.09. The Hall–Kier alpha value is -1.36. The summed E-state index contributed by atoms with van der Waals surface area (Å²) >= 11 is 0. The Labute approximate surface area is 114 Å². The molecule has 2 atom stereocenters. The monoisotopic (exact) mass is 262 g/mol. The van der Waals surface area contributed by atoms with E-state index >= 15 is 0 Å². The third-order valence-electron chi connectivity index (χ3n) is 4.47. The van der Waals surface area contributed by atoms with Gasteiger partial charge in [-0.05, 0) is 26.7 Å². The second-order valence-corrected chi connectivity index (χ2v) is 5.87. The molecule has 3 heterocycles. The van der Waals surface area contributed by atoms with Gasteiger partial charge in [-0.3, -0.25) is 9.48 Å². The zero-order chi connectivity index (χ0) is 13.6. The molecule has 2 aliphatic heterocycles. The number of aryl methyl sites for hydroxylation is 2. The van der Waals surface area contributed by atoms with E-state index in [2.05, 4.69) is 10.4 Å². The van der Waals surface area contributed by atoms with Crippen LogP contribution in [-0.4, -0.2) is 45.8 Å². The minimum Gasteiger partial charge on any atom is -0.335 e. The largest absolute Gasteiger partial charge is 0.335 e. The van der Waals surface area contributed by atoms with Crippen LogP contribution in [0.5, 0.6) is 0 Å². The number of fused-ring (bicyclic) bond motifs is 2. The summed E-state index contributed by atoms with van der Waals surface area (Å²) in [5.74, 6) is 0.154. The van der Waals surface area contributed by atoms with Crippen molar-refractivity contribution in [3.63, 3.8) is 0 Å². The first kappa shape index (κ1) is 12.7. The summed E-state index contributed by atoms with van der Waals surface area (Å²) in [6.07, 6.45) is 3.66. The van der Waals surface area contributed by atoms with Crippen molar-refractivity contribution in [1.29, 1.82) is 0 Å². The van der Waals surface area contributed by atoms with Crippen molar-refractivity contribution in [3.8, 4) is 0 Å². The number of rotatable bonds is 1. The van der Waals surface area contributed by atoms with Gasteiger partial charge in [0, 0.05) is 37.9 Å². The van der Waals surface area contributed by atoms with Gasteiger partial charge >= 0.3 is 0 Å². The van der Waals surface area contributed by atoms with E-state index in [1.54, 1.807) is 4.68 Å². The summed E-state index contributed by atoms with van der Waals surface area (Å²) in [6, 6.07) is 0.961. The molecule has 2 saturated heterocycles. The molecular weight excluding hydrogens is 240 g/mol. The minimum atomic E-state index is 0.154. The van der Waals surface area contributed by atoms with Crippen LogP contribution in [0.15, 0.2) is 0 Å². The number of amides is 1. The maximum Gasteiger partial charge on any atom is 0.257 e. The van der Waals surface area contributed by atoms with E-state index in [-0.39, 0.29) is 5.91 Å². The first-order valence-electron chi connectivity index (χ1n) is 7.11. The summed E-state index contributed by atoms with van der Waals surface area (Å²) < 4.78 is 1.80.